The van der Waals surface area contributed by atoms with E-state index in [2.05, 4.69) is 11.8 Å². The second-order valence-electron chi connectivity index (χ2n) is 7.07. The van der Waals surface area contributed by atoms with Gasteiger partial charge in [-0.05, 0) is 30.7 Å². The van der Waals surface area contributed by atoms with Gasteiger partial charge in [-0.2, -0.15) is 0 Å². The molecule has 0 unspecified atom stereocenters. The molecule has 0 fully saturated rings. The Morgan fingerprint density at radius 3 is 1.69 bits per heavy atom. The molecule has 26 heavy (non-hydrogen) atoms. The van der Waals surface area contributed by atoms with Gasteiger partial charge in [-0.25, -0.2) is 8.42 Å². The van der Waals surface area contributed by atoms with Gasteiger partial charge in [-0.15, -0.1) is 0 Å². The average Bonchev–Trinajstić information content (AvgIpc) is 2.66. The topological polar surface area (TPSA) is 37.4 Å². The fraction of sp³-hybridized carbons (Fsp3) is 0.455. The molecule has 0 atom stereocenters. The lowest BCUT2D eigenvalue weighted by Crippen LogP contribution is -2.26. The molecule has 0 amide bonds. The molecular formula is C22H29NO2S. The second-order valence-corrected chi connectivity index (χ2v) is 8.95. The number of benzene rings is 2. The standard InChI is InChI=1S/C22H29NO2S/c1-2-3-4-5-6-7-8-13-18-23-19-14-9-11-16-21(19)26(24,25)22-17-12-10-15-20(22)23/h9-12,14-17H,2-8,13,18H2,1H3. The molecule has 140 valence electrons. The minimum absolute atomic E-state index is 0.429. The third-order valence-corrected chi connectivity index (χ3v) is 6.97. The van der Waals surface area contributed by atoms with Crippen molar-refractivity contribution in [1.82, 2.24) is 0 Å². The van der Waals surface area contributed by atoms with Gasteiger partial charge in [0.15, 0.2) is 0 Å². The van der Waals surface area contributed by atoms with Gasteiger partial charge in [-0.1, -0.05) is 76.1 Å². The SMILES string of the molecule is CCCCCCCCCCN1c2ccccc2S(=O)(=O)c2ccccc21. The molecule has 1 aliphatic rings. The average molecular weight is 372 g/mol. The highest BCUT2D eigenvalue weighted by Gasteiger charge is 2.33. The number of unbranched alkanes of at least 4 members (excludes halogenated alkanes) is 7. The number of nitrogens with zero attached hydrogens (tertiary/aromatic N) is 1. The molecule has 3 rings (SSSR count). The Balaban J connectivity index is 1.69. The molecule has 0 saturated heterocycles. The number of hydrogen-bond donors (Lipinski definition) is 0. The fourth-order valence-corrected chi connectivity index (χ4v) is 5.37. The van der Waals surface area contributed by atoms with Crippen molar-refractivity contribution in [2.45, 2.75) is 68.1 Å². The largest absolute Gasteiger partial charge is 0.339 e. The Morgan fingerprint density at radius 1 is 0.692 bits per heavy atom. The minimum Gasteiger partial charge on any atom is -0.339 e. The number of anilines is 2. The number of sulfone groups is 1. The molecule has 0 spiro atoms. The predicted molar refractivity (Wildman–Crippen MR) is 108 cm³/mol. The summed E-state index contributed by atoms with van der Waals surface area (Å²) in [5.41, 5.74) is 1.63. The van der Waals surface area contributed by atoms with E-state index >= 15 is 0 Å². The first-order valence-corrected chi connectivity index (χ1v) is 11.3. The molecule has 2 aromatic rings. The van der Waals surface area contributed by atoms with Crippen LogP contribution in [-0.4, -0.2) is 15.0 Å². The molecule has 0 aromatic heterocycles. The lowest BCUT2D eigenvalue weighted by molar-refractivity contribution is 0.574. The van der Waals surface area contributed by atoms with E-state index < -0.39 is 9.84 Å². The van der Waals surface area contributed by atoms with Crippen LogP contribution in [0.5, 0.6) is 0 Å². The first-order chi connectivity index (χ1) is 12.7. The Morgan fingerprint density at radius 2 is 1.15 bits per heavy atom. The highest BCUT2D eigenvalue weighted by atomic mass is 32.2. The third-order valence-electron chi connectivity index (χ3n) is 5.13. The molecule has 0 bridgehead atoms. The van der Waals surface area contributed by atoms with E-state index in [1.165, 1.54) is 44.9 Å². The van der Waals surface area contributed by atoms with Crippen LogP contribution < -0.4 is 4.90 Å². The van der Waals surface area contributed by atoms with E-state index in [1.807, 2.05) is 24.3 Å². The molecule has 0 saturated carbocycles. The van der Waals surface area contributed by atoms with Gasteiger partial charge in [0.05, 0.1) is 21.2 Å². The Hall–Kier alpha value is -1.81. The lowest BCUT2D eigenvalue weighted by atomic mass is 10.1. The van der Waals surface area contributed by atoms with Gasteiger partial charge in [-0.3, -0.25) is 0 Å². The third kappa shape index (κ3) is 3.96. The first-order valence-electron chi connectivity index (χ1n) is 9.87. The molecule has 0 N–H and O–H groups in total. The summed E-state index contributed by atoms with van der Waals surface area (Å²) >= 11 is 0. The number of para-hydroxylation sites is 2. The molecule has 3 nitrogen and oxygen atoms in total. The normalized spacial score (nSPS) is 14.7. The summed E-state index contributed by atoms with van der Waals surface area (Å²) in [6.45, 7) is 3.10. The van der Waals surface area contributed by atoms with Crippen LogP contribution in [0.15, 0.2) is 58.3 Å². The van der Waals surface area contributed by atoms with Crippen LogP contribution in [0.3, 0.4) is 0 Å². The maximum Gasteiger partial charge on any atom is 0.210 e. The van der Waals surface area contributed by atoms with Crippen molar-refractivity contribution in [3.05, 3.63) is 48.5 Å². The van der Waals surface area contributed by atoms with Gasteiger partial charge < -0.3 is 4.90 Å². The number of fused-ring (bicyclic) bond motifs is 2. The zero-order valence-electron chi connectivity index (χ0n) is 15.7. The van der Waals surface area contributed by atoms with Gasteiger partial charge in [0.1, 0.15) is 0 Å². The summed E-state index contributed by atoms with van der Waals surface area (Å²) in [6, 6.07) is 14.7. The van der Waals surface area contributed by atoms with Crippen LogP contribution in [0.4, 0.5) is 11.4 Å². The predicted octanol–water partition coefficient (Wildman–Crippen LogP) is 6.11. The monoisotopic (exact) mass is 371 g/mol. The summed E-state index contributed by atoms with van der Waals surface area (Å²) < 4.78 is 25.8. The first kappa shape index (κ1) is 19.0. The summed E-state index contributed by atoms with van der Waals surface area (Å²) in [5.74, 6) is 0. The van der Waals surface area contributed by atoms with Crippen LogP contribution >= 0.6 is 0 Å². The van der Waals surface area contributed by atoms with Gasteiger partial charge in [0.2, 0.25) is 9.84 Å². The quantitative estimate of drug-likeness (QED) is 0.499. The molecule has 4 heteroatoms. The van der Waals surface area contributed by atoms with E-state index in [-0.39, 0.29) is 0 Å². The molecule has 1 heterocycles. The van der Waals surface area contributed by atoms with Crippen molar-refractivity contribution >= 4 is 21.2 Å². The van der Waals surface area contributed by atoms with Crippen molar-refractivity contribution in [2.75, 3.05) is 11.4 Å². The molecule has 2 aromatic carbocycles. The second kappa shape index (κ2) is 8.72. The molecule has 0 radical (unpaired) electrons. The number of rotatable bonds is 9. The smallest absolute Gasteiger partial charge is 0.210 e. The van der Waals surface area contributed by atoms with Gasteiger partial charge in [0.25, 0.3) is 0 Å². The summed E-state index contributed by atoms with van der Waals surface area (Å²) in [7, 11) is -3.42. The van der Waals surface area contributed by atoms with E-state index in [9.17, 15) is 8.42 Å². The van der Waals surface area contributed by atoms with Crippen molar-refractivity contribution in [3.8, 4) is 0 Å². The van der Waals surface area contributed by atoms with Gasteiger partial charge in [0, 0.05) is 6.54 Å². The zero-order chi connectivity index (χ0) is 18.4. The highest BCUT2D eigenvalue weighted by molar-refractivity contribution is 7.92. The number of hydrogen-bond acceptors (Lipinski definition) is 3. The Bertz CT molecular complexity index is 776. The van der Waals surface area contributed by atoms with Crippen molar-refractivity contribution < 1.29 is 8.42 Å². The van der Waals surface area contributed by atoms with Crippen LogP contribution in [0, 0.1) is 0 Å². The summed E-state index contributed by atoms with van der Waals surface area (Å²) in [5, 5.41) is 0. The van der Waals surface area contributed by atoms with Crippen LogP contribution in [0.2, 0.25) is 0 Å². The van der Waals surface area contributed by atoms with Crippen LogP contribution in [0.25, 0.3) is 0 Å². The van der Waals surface area contributed by atoms with E-state index in [4.69, 9.17) is 0 Å². The fourth-order valence-electron chi connectivity index (χ4n) is 3.71. The van der Waals surface area contributed by atoms with Gasteiger partial charge >= 0.3 is 0 Å². The Kier molecular flexibility index (Phi) is 6.36. The van der Waals surface area contributed by atoms with Crippen molar-refractivity contribution in [1.29, 1.82) is 0 Å². The van der Waals surface area contributed by atoms with Crippen LogP contribution in [-0.2, 0) is 9.84 Å². The summed E-state index contributed by atoms with van der Waals surface area (Å²) in [6.07, 6.45) is 10.2. The van der Waals surface area contributed by atoms with E-state index in [0.29, 0.717) is 9.79 Å². The van der Waals surface area contributed by atoms with E-state index in [1.54, 1.807) is 24.3 Å². The van der Waals surface area contributed by atoms with Crippen molar-refractivity contribution in [2.24, 2.45) is 0 Å². The van der Waals surface area contributed by atoms with Crippen LogP contribution in [0.1, 0.15) is 58.3 Å². The zero-order valence-corrected chi connectivity index (χ0v) is 16.5. The lowest BCUT2D eigenvalue weighted by Gasteiger charge is -2.32. The van der Waals surface area contributed by atoms with E-state index in [0.717, 1.165) is 24.3 Å². The molecule has 0 aliphatic carbocycles. The van der Waals surface area contributed by atoms with Crippen molar-refractivity contribution in [3.63, 3.8) is 0 Å². The Labute approximate surface area is 158 Å². The molecular weight excluding hydrogens is 342 g/mol. The maximum atomic E-state index is 12.9. The summed E-state index contributed by atoms with van der Waals surface area (Å²) in [4.78, 5) is 3.04. The highest BCUT2D eigenvalue weighted by Crippen LogP contribution is 2.43. The molecule has 1 aliphatic heterocycles. The minimum atomic E-state index is -3.42. The maximum absolute atomic E-state index is 12.9.